The van der Waals surface area contributed by atoms with Gasteiger partial charge < -0.3 is 19.5 Å². The van der Waals surface area contributed by atoms with Gasteiger partial charge in [-0.05, 0) is 30.2 Å². The van der Waals surface area contributed by atoms with E-state index in [2.05, 4.69) is 15.2 Å². The topological polar surface area (TPSA) is 74.1 Å². The van der Waals surface area contributed by atoms with Gasteiger partial charge in [0.15, 0.2) is 0 Å². The molecule has 3 unspecified atom stereocenters. The molecule has 0 bridgehead atoms. The highest BCUT2D eigenvalue weighted by Gasteiger charge is 2.39. The van der Waals surface area contributed by atoms with Gasteiger partial charge in [-0.3, -0.25) is 4.79 Å². The van der Waals surface area contributed by atoms with Crippen LogP contribution in [0.2, 0.25) is 0 Å². The minimum Gasteiger partial charge on any atom is -0.434 e. The van der Waals surface area contributed by atoms with E-state index in [0.717, 1.165) is 11.1 Å². The summed E-state index contributed by atoms with van der Waals surface area (Å²) in [6, 6.07) is 6.28. The number of aryl methyl sites for hydroxylation is 1. The summed E-state index contributed by atoms with van der Waals surface area (Å²) in [4.78, 5) is 12.6. The predicted octanol–water partition coefficient (Wildman–Crippen LogP) is 3.84. The number of alkyl halides is 3. The lowest BCUT2D eigenvalue weighted by atomic mass is 9.98. The first-order valence-electron chi connectivity index (χ1n) is 10.6. The van der Waals surface area contributed by atoms with E-state index < -0.39 is 24.7 Å². The largest absolute Gasteiger partial charge is 0.434 e. The second-order valence-corrected chi connectivity index (χ2v) is 8.16. The van der Waals surface area contributed by atoms with Crippen molar-refractivity contribution in [3.63, 3.8) is 0 Å². The molecule has 1 saturated heterocycles. The van der Waals surface area contributed by atoms with E-state index in [1.807, 2.05) is 18.3 Å². The summed E-state index contributed by atoms with van der Waals surface area (Å²) in [7, 11) is 0. The average molecular weight is 461 g/mol. The Labute approximate surface area is 187 Å². The fourth-order valence-electron chi connectivity index (χ4n) is 4.04. The summed E-state index contributed by atoms with van der Waals surface area (Å²) in [5.41, 5.74) is 3.30. The van der Waals surface area contributed by atoms with Crippen LogP contribution in [-0.2, 0) is 9.47 Å². The first kappa shape index (κ1) is 21.7. The molecule has 2 fully saturated rings. The number of hydrogen-bond acceptors (Lipinski definition) is 5. The van der Waals surface area contributed by atoms with Crippen molar-refractivity contribution < 1.29 is 32.2 Å². The van der Waals surface area contributed by atoms with Gasteiger partial charge in [-0.15, -0.1) is 0 Å². The highest BCUT2D eigenvalue weighted by atomic mass is 19.3. The summed E-state index contributed by atoms with van der Waals surface area (Å²) in [6.07, 6.45) is 2.39. The lowest BCUT2D eigenvalue weighted by molar-refractivity contribution is -0.0903. The van der Waals surface area contributed by atoms with Crippen LogP contribution in [0.25, 0.3) is 16.6 Å². The SMILES string of the molecule is Cc1cc(-c2cnn3cc(C4COCCO4)ccc23)cc(OC(F)F)c1C(=O)NC1CC1F. The molecule has 0 radical (unpaired) electrons. The molecule has 3 heterocycles. The molecule has 3 aromatic rings. The van der Waals surface area contributed by atoms with Crippen molar-refractivity contribution in [3.05, 3.63) is 53.3 Å². The Hall–Kier alpha value is -3.11. The number of carbonyl (C=O) groups excluding carboxylic acids is 1. The molecule has 174 valence electrons. The molecule has 1 aliphatic carbocycles. The molecule has 33 heavy (non-hydrogen) atoms. The molecular weight excluding hydrogens is 439 g/mol. The third-order valence-corrected chi connectivity index (χ3v) is 5.81. The van der Waals surface area contributed by atoms with Crippen molar-refractivity contribution in [2.45, 2.75) is 38.3 Å². The quantitative estimate of drug-likeness (QED) is 0.604. The van der Waals surface area contributed by atoms with Crippen LogP contribution in [0.5, 0.6) is 5.75 Å². The third-order valence-electron chi connectivity index (χ3n) is 5.81. The van der Waals surface area contributed by atoms with E-state index in [4.69, 9.17) is 9.47 Å². The second-order valence-electron chi connectivity index (χ2n) is 8.16. The first-order valence-corrected chi connectivity index (χ1v) is 10.6. The van der Waals surface area contributed by atoms with E-state index in [-0.39, 0.29) is 23.8 Å². The number of aromatic nitrogens is 2. The van der Waals surface area contributed by atoms with Crippen LogP contribution >= 0.6 is 0 Å². The van der Waals surface area contributed by atoms with Gasteiger partial charge in [0.2, 0.25) is 0 Å². The smallest absolute Gasteiger partial charge is 0.387 e. The van der Waals surface area contributed by atoms with Crippen LogP contribution in [-0.4, -0.2) is 54.2 Å². The molecule has 0 spiro atoms. The fraction of sp³-hybridized carbons (Fsp3) is 0.391. The predicted molar refractivity (Wildman–Crippen MR) is 112 cm³/mol. The zero-order chi connectivity index (χ0) is 23.1. The van der Waals surface area contributed by atoms with E-state index in [9.17, 15) is 18.0 Å². The second kappa shape index (κ2) is 8.68. The standard InChI is InChI=1S/C23H22F3N3O4/c1-12-6-14(7-19(33-23(25)26)21(12)22(30)28-17-8-16(17)24)15-9-27-29-10-13(2-3-18(15)29)20-11-31-4-5-32-20/h2-3,6-7,9-10,16-17,20,23H,4-5,8,11H2,1H3,(H,28,30). The molecular formula is C23H22F3N3O4. The number of ether oxygens (including phenoxy) is 3. The Morgan fingerprint density at radius 2 is 2.12 bits per heavy atom. The van der Waals surface area contributed by atoms with Crippen LogP contribution in [0.4, 0.5) is 13.2 Å². The number of halogens is 3. The molecule has 10 heteroatoms. The van der Waals surface area contributed by atoms with Crippen molar-refractivity contribution in [1.29, 1.82) is 0 Å². The maximum atomic E-state index is 13.2. The number of hydrogen-bond donors (Lipinski definition) is 1. The van der Waals surface area contributed by atoms with E-state index >= 15 is 0 Å². The number of nitrogens with one attached hydrogen (secondary N) is 1. The molecule has 2 aromatic heterocycles. The number of benzene rings is 1. The van der Waals surface area contributed by atoms with Crippen LogP contribution in [0.3, 0.4) is 0 Å². The first-order chi connectivity index (χ1) is 15.9. The van der Waals surface area contributed by atoms with Gasteiger partial charge in [0.25, 0.3) is 5.91 Å². The molecule has 1 N–H and O–H groups in total. The van der Waals surface area contributed by atoms with Gasteiger partial charge >= 0.3 is 6.61 Å². The van der Waals surface area contributed by atoms with E-state index in [1.54, 1.807) is 23.7 Å². The van der Waals surface area contributed by atoms with Crippen LogP contribution in [0, 0.1) is 6.92 Å². The minimum absolute atomic E-state index is 0.0358. The Bertz CT molecular complexity index is 1190. The molecule has 5 rings (SSSR count). The molecule has 1 aromatic carbocycles. The summed E-state index contributed by atoms with van der Waals surface area (Å²) < 4.78 is 57.0. The monoisotopic (exact) mass is 461 g/mol. The van der Waals surface area contributed by atoms with Crippen molar-refractivity contribution in [3.8, 4) is 16.9 Å². The number of fused-ring (bicyclic) bond motifs is 1. The van der Waals surface area contributed by atoms with Crippen LogP contribution in [0.1, 0.15) is 34.0 Å². The number of carbonyl (C=O) groups is 1. The van der Waals surface area contributed by atoms with Gasteiger partial charge in [-0.25, -0.2) is 8.91 Å². The Morgan fingerprint density at radius 1 is 1.30 bits per heavy atom. The van der Waals surface area contributed by atoms with Crippen molar-refractivity contribution in [2.24, 2.45) is 0 Å². The summed E-state index contributed by atoms with van der Waals surface area (Å²) >= 11 is 0. The maximum Gasteiger partial charge on any atom is 0.387 e. The zero-order valence-corrected chi connectivity index (χ0v) is 17.8. The summed E-state index contributed by atoms with van der Waals surface area (Å²) in [6.45, 7) is 0.0499. The maximum absolute atomic E-state index is 13.2. The molecule has 7 nitrogen and oxygen atoms in total. The van der Waals surface area contributed by atoms with E-state index in [1.165, 1.54) is 6.07 Å². The van der Waals surface area contributed by atoms with Crippen molar-refractivity contribution >= 4 is 11.4 Å². The lowest BCUT2D eigenvalue weighted by Crippen LogP contribution is -2.28. The summed E-state index contributed by atoms with van der Waals surface area (Å²) in [5, 5.41) is 6.91. The van der Waals surface area contributed by atoms with Gasteiger partial charge in [0.05, 0.1) is 43.1 Å². The molecule has 1 saturated carbocycles. The number of amides is 1. The van der Waals surface area contributed by atoms with Gasteiger partial charge in [-0.2, -0.15) is 13.9 Å². The molecule has 1 aliphatic heterocycles. The van der Waals surface area contributed by atoms with Crippen LogP contribution in [0.15, 0.2) is 36.7 Å². The van der Waals surface area contributed by atoms with Crippen LogP contribution < -0.4 is 10.1 Å². The number of nitrogens with zero attached hydrogens (tertiary/aromatic N) is 2. The zero-order valence-electron chi connectivity index (χ0n) is 17.8. The third kappa shape index (κ3) is 4.40. The van der Waals surface area contributed by atoms with Gasteiger partial charge in [0.1, 0.15) is 18.0 Å². The molecule has 3 atom stereocenters. The Morgan fingerprint density at radius 3 is 2.82 bits per heavy atom. The van der Waals surface area contributed by atoms with Gasteiger partial charge in [-0.1, -0.05) is 12.1 Å². The Balaban J connectivity index is 1.50. The minimum atomic E-state index is -3.12. The normalized spacial score (nSPS) is 22.5. The van der Waals surface area contributed by atoms with Crippen molar-refractivity contribution in [1.82, 2.24) is 14.9 Å². The highest BCUT2D eigenvalue weighted by Crippen LogP contribution is 2.35. The highest BCUT2D eigenvalue weighted by molar-refractivity contribution is 6.00. The lowest BCUT2D eigenvalue weighted by Gasteiger charge is -2.23. The molecule has 2 aliphatic rings. The molecule has 1 amide bonds. The number of pyridine rings is 1. The van der Waals surface area contributed by atoms with Gasteiger partial charge in [0, 0.05) is 23.7 Å². The summed E-state index contributed by atoms with van der Waals surface area (Å²) in [5.74, 6) is -0.906. The van der Waals surface area contributed by atoms with Crippen molar-refractivity contribution in [2.75, 3.05) is 19.8 Å². The Kier molecular flexibility index (Phi) is 5.71. The number of rotatable bonds is 6. The average Bonchev–Trinajstić information content (AvgIpc) is 3.30. The fourth-order valence-corrected chi connectivity index (χ4v) is 4.04. The van der Waals surface area contributed by atoms with E-state index in [0.29, 0.717) is 36.5 Å².